The minimum atomic E-state index is -0.148. The van der Waals surface area contributed by atoms with E-state index in [0.29, 0.717) is 42.6 Å². The van der Waals surface area contributed by atoms with Gasteiger partial charge < -0.3 is 4.90 Å². The molecule has 4 nitrogen and oxygen atoms in total. The zero-order valence-electron chi connectivity index (χ0n) is 18.5. The van der Waals surface area contributed by atoms with E-state index < -0.39 is 0 Å². The molecule has 0 aliphatic carbocycles. The van der Waals surface area contributed by atoms with Crippen molar-refractivity contribution in [3.8, 4) is 0 Å². The number of Topliss-reactive ketones (excluding diaryl/α,β-unsaturated/α-hetero) is 1. The Morgan fingerprint density at radius 1 is 0.750 bits per heavy atom. The lowest BCUT2D eigenvalue weighted by molar-refractivity contribution is 0.0648. The van der Waals surface area contributed by atoms with Crippen molar-refractivity contribution in [2.24, 2.45) is 5.92 Å². The molecule has 162 valence electrons. The van der Waals surface area contributed by atoms with E-state index in [0.717, 1.165) is 16.7 Å². The summed E-state index contributed by atoms with van der Waals surface area (Å²) in [4.78, 5) is 41.2. The van der Waals surface area contributed by atoms with E-state index in [-0.39, 0.29) is 23.4 Å². The maximum atomic E-state index is 13.3. The van der Waals surface area contributed by atoms with E-state index in [2.05, 4.69) is 0 Å². The first-order valence-corrected chi connectivity index (χ1v) is 11.0. The highest BCUT2D eigenvalue weighted by Crippen LogP contribution is 2.25. The summed E-state index contributed by atoms with van der Waals surface area (Å²) in [6, 6.07) is 22.1. The molecule has 0 radical (unpaired) electrons. The maximum Gasteiger partial charge on any atom is 0.254 e. The first-order chi connectivity index (χ1) is 15.5. The normalized spacial score (nSPS) is 14.2. The Hall–Kier alpha value is -3.53. The highest BCUT2D eigenvalue weighted by atomic mass is 16.2. The van der Waals surface area contributed by atoms with E-state index in [1.807, 2.05) is 62.4 Å². The van der Waals surface area contributed by atoms with E-state index in [4.69, 9.17) is 0 Å². The molecule has 4 rings (SSSR count). The van der Waals surface area contributed by atoms with Crippen LogP contribution in [0.3, 0.4) is 0 Å². The molecular formula is C28H27NO3. The van der Waals surface area contributed by atoms with Gasteiger partial charge in [-0.2, -0.15) is 0 Å². The zero-order chi connectivity index (χ0) is 22.7. The number of carbonyl (C=O) groups is 3. The average Bonchev–Trinajstić information content (AvgIpc) is 2.85. The molecule has 1 fully saturated rings. The van der Waals surface area contributed by atoms with Crippen molar-refractivity contribution in [1.82, 2.24) is 4.90 Å². The quantitative estimate of drug-likeness (QED) is 0.523. The van der Waals surface area contributed by atoms with Gasteiger partial charge in [0.05, 0.1) is 5.56 Å². The van der Waals surface area contributed by atoms with Crippen LogP contribution in [0.25, 0.3) is 0 Å². The minimum Gasteiger partial charge on any atom is -0.339 e. The third-order valence-corrected chi connectivity index (χ3v) is 6.25. The van der Waals surface area contributed by atoms with Gasteiger partial charge >= 0.3 is 0 Å². The molecule has 0 N–H and O–H groups in total. The second kappa shape index (κ2) is 9.31. The van der Waals surface area contributed by atoms with Crippen LogP contribution in [0.1, 0.15) is 60.6 Å². The lowest BCUT2D eigenvalue weighted by atomic mass is 9.88. The summed E-state index contributed by atoms with van der Waals surface area (Å²) in [6.07, 6.45) is 1.26. The van der Waals surface area contributed by atoms with Crippen LogP contribution in [0.5, 0.6) is 0 Å². The van der Waals surface area contributed by atoms with Gasteiger partial charge in [0.15, 0.2) is 11.6 Å². The zero-order valence-corrected chi connectivity index (χ0v) is 18.5. The molecular weight excluding hydrogens is 398 g/mol. The summed E-state index contributed by atoms with van der Waals surface area (Å²) in [5.74, 6) is -0.217. The number of likely N-dealkylation sites (tertiary alicyclic amines) is 1. The highest BCUT2D eigenvalue weighted by Gasteiger charge is 2.30. The van der Waals surface area contributed by atoms with E-state index in [1.54, 1.807) is 29.2 Å². The van der Waals surface area contributed by atoms with E-state index >= 15 is 0 Å². The Labute approximate surface area is 188 Å². The predicted octanol–water partition coefficient (Wildman–Crippen LogP) is 5.27. The summed E-state index contributed by atoms with van der Waals surface area (Å²) in [5.41, 5.74) is 4.09. The molecule has 1 aliphatic rings. The van der Waals surface area contributed by atoms with E-state index in [9.17, 15) is 14.4 Å². The summed E-state index contributed by atoms with van der Waals surface area (Å²) < 4.78 is 0. The SMILES string of the molecule is Cc1ccc(C)c(C(=O)c2ccccc2C(=O)N2CCC(C(=O)c3ccccc3)CC2)c1. The number of aryl methyl sites for hydroxylation is 2. The molecule has 0 aromatic heterocycles. The van der Waals surface area contributed by atoms with Crippen LogP contribution in [0.15, 0.2) is 72.8 Å². The number of hydrogen-bond donors (Lipinski definition) is 0. The summed E-state index contributed by atoms with van der Waals surface area (Å²) in [7, 11) is 0. The summed E-state index contributed by atoms with van der Waals surface area (Å²) in [5, 5.41) is 0. The molecule has 1 heterocycles. The summed E-state index contributed by atoms with van der Waals surface area (Å²) in [6.45, 7) is 4.88. The van der Waals surface area contributed by atoms with Crippen molar-refractivity contribution < 1.29 is 14.4 Å². The van der Waals surface area contributed by atoms with Crippen molar-refractivity contribution >= 4 is 17.5 Å². The second-order valence-corrected chi connectivity index (χ2v) is 8.49. The van der Waals surface area contributed by atoms with Crippen LogP contribution in [0.2, 0.25) is 0 Å². The number of rotatable bonds is 5. The van der Waals surface area contributed by atoms with Crippen molar-refractivity contribution in [2.45, 2.75) is 26.7 Å². The molecule has 4 heteroatoms. The van der Waals surface area contributed by atoms with Crippen molar-refractivity contribution in [2.75, 3.05) is 13.1 Å². The summed E-state index contributed by atoms with van der Waals surface area (Å²) >= 11 is 0. The lowest BCUT2D eigenvalue weighted by Crippen LogP contribution is -2.40. The van der Waals surface area contributed by atoms with Gasteiger partial charge in [-0.15, -0.1) is 0 Å². The third-order valence-electron chi connectivity index (χ3n) is 6.25. The first-order valence-electron chi connectivity index (χ1n) is 11.0. The Morgan fingerprint density at radius 2 is 1.38 bits per heavy atom. The first kappa shape index (κ1) is 21.7. The van der Waals surface area contributed by atoms with Crippen LogP contribution in [-0.4, -0.2) is 35.5 Å². The van der Waals surface area contributed by atoms with Crippen molar-refractivity contribution in [1.29, 1.82) is 0 Å². The fourth-order valence-electron chi connectivity index (χ4n) is 4.35. The number of nitrogens with zero attached hydrogens (tertiary/aromatic N) is 1. The van der Waals surface area contributed by atoms with Crippen LogP contribution >= 0.6 is 0 Å². The Balaban J connectivity index is 1.51. The lowest BCUT2D eigenvalue weighted by Gasteiger charge is -2.31. The second-order valence-electron chi connectivity index (χ2n) is 8.49. The molecule has 0 unspecified atom stereocenters. The average molecular weight is 426 g/mol. The van der Waals surface area contributed by atoms with Gasteiger partial charge in [0.2, 0.25) is 0 Å². The van der Waals surface area contributed by atoms with Gasteiger partial charge in [-0.1, -0.05) is 66.2 Å². The number of ketones is 2. The van der Waals surface area contributed by atoms with Crippen molar-refractivity contribution in [3.63, 3.8) is 0 Å². The molecule has 1 amide bonds. The molecule has 0 atom stereocenters. The van der Waals surface area contributed by atoms with Crippen LogP contribution in [-0.2, 0) is 0 Å². The highest BCUT2D eigenvalue weighted by molar-refractivity contribution is 6.16. The number of carbonyl (C=O) groups excluding carboxylic acids is 3. The largest absolute Gasteiger partial charge is 0.339 e. The molecule has 32 heavy (non-hydrogen) atoms. The molecule has 3 aromatic rings. The molecule has 1 aliphatic heterocycles. The molecule has 3 aromatic carbocycles. The molecule has 0 saturated carbocycles. The molecule has 0 spiro atoms. The Morgan fingerprint density at radius 3 is 2.06 bits per heavy atom. The smallest absolute Gasteiger partial charge is 0.254 e. The molecule has 0 bridgehead atoms. The van der Waals surface area contributed by atoms with Gasteiger partial charge in [0.1, 0.15) is 0 Å². The van der Waals surface area contributed by atoms with Gasteiger partial charge in [-0.25, -0.2) is 0 Å². The predicted molar refractivity (Wildman–Crippen MR) is 125 cm³/mol. The topological polar surface area (TPSA) is 54.5 Å². The number of amides is 1. The van der Waals surface area contributed by atoms with Gasteiger partial charge in [0, 0.05) is 35.7 Å². The number of piperidine rings is 1. The third kappa shape index (κ3) is 4.40. The monoisotopic (exact) mass is 425 g/mol. The maximum absolute atomic E-state index is 13.3. The van der Waals surface area contributed by atoms with Crippen LogP contribution in [0.4, 0.5) is 0 Å². The van der Waals surface area contributed by atoms with Gasteiger partial charge in [0.25, 0.3) is 5.91 Å². The minimum absolute atomic E-state index is 0.0757. The van der Waals surface area contributed by atoms with Gasteiger partial charge in [-0.3, -0.25) is 14.4 Å². The number of hydrogen-bond acceptors (Lipinski definition) is 3. The molecule has 1 saturated heterocycles. The van der Waals surface area contributed by atoms with Gasteiger partial charge in [-0.05, 0) is 44.4 Å². The van der Waals surface area contributed by atoms with Crippen molar-refractivity contribution in [3.05, 3.63) is 106 Å². The Kier molecular flexibility index (Phi) is 6.31. The number of benzene rings is 3. The standard InChI is InChI=1S/C28H27NO3/c1-19-12-13-20(2)25(18-19)27(31)23-10-6-7-11-24(23)28(32)29-16-14-22(15-17-29)26(30)21-8-4-3-5-9-21/h3-13,18,22H,14-17H2,1-2H3. The Bertz CT molecular complexity index is 1160. The fraction of sp³-hybridized carbons (Fsp3) is 0.250. The van der Waals surface area contributed by atoms with E-state index in [1.165, 1.54) is 0 Å². The fourth-order valence-corrected chi connectivity index (χ4v) is 4.35. The van der Waals surface area contributed by atoms with Crippen LogP contribution < -0.4 is 0 Å². The van der Waals surface area contributed by atoms with Crippen LogP contribution in [0, 0.1) is 19.8 Å².